The summed E-state index contributed by atoms with van der Waals surface area (Å²) < 4.78 is 8.16. The van der Waals surface area contributed by atoms with Gasteiger partial charge in [-0.3, -0.25) is 0 Å². The van der Waals surface area contributed by atoms with Crippen LogP contribution in [0.15, 0.2) is 48.7 Å². The summed E-state index contributed by atoms with van der Waals surface area (Å²) in [5.41, 5.74) is 4.61. The number of aryl methyl sites for hydroxylation is 1. The van der Waals surface area contributed by atoms with Gasteiger partial charge in [-0.2, -0.15) is 5.10 Å². The minimum Gasteiger partial charge on any atom is -0.490 e. The number of piperidine rings is 1. The Morgan fingerprint density at radius 2 is 1.85 bits per heavy atom. The van der Waals surface area contributed by atoms with Gasteiger partial charge in [0.15, 0.2) is 5.11 Å². The van der Waals surface area contributed by atoms with Crippen LogP contribution in [0.3, 0.4) is 0 Å². The van der Waals surface area contributed by atoms with E-state index < -0.39 is 0 Å². The Hall–Kier alpha value is -2.60. The molecule has 0 atom stereocenters. The van der Waals surface area contributed by atoms with Gasteiger partial charge in [0.2, 0.25) is 0 Å². The molecule has 27 heavy (non-hydrogen) atoms. The van der Waals surface area contributed by atoms with Gasteiger partial charge in [-0.15, -0.1) is 0 Å². The molecule has 0 radical (unpaired) electrons. The lowest BCUT2D eigenvalue weighted by molar-refractivity contribution is 0.131. The van der Waals surface area contributed by atoms with E-state index in [2.05, 4.69) is 58.6 Å². The normalized spacial score (nSPS) is 15.1. The van der Waals surface area contributed by atoms with Crippen molar-refractivity contribution in [1.29, 1.82) is 0 Å². The third-order valence-electron chi connectivity index (χ3n) is 5.21. The SMILES string of the molecule is CNC(=S)N1CCC(Oc2ccc(-c3ccc4ccnn4c3C)cc2)CC1. The number of pyridine rings is 1. The van der Waals surface area contributed by atoms with Crippen molar-refractivity contribution in [2.45, 2.75) is 25.9 Å². The summed E-state index contributed by atoms with van der Waals surface area (Å²) >= 11 is 5.31. The summed E-state index contributed by atoms with van der Waals surface area (Å²) in [6.07, 6.45) is 4.04. The third kappa shape index (κ3) is 3.62. The lowest BCUT2D eigenvalue weighted by Crippen LogP contribution is -2.45. The van der Waals surface area contributed by atoms with Crippen molar-refractivity contribution in [2.75, 3.05) is 20.1 Å². The van der Waals surface area contributed by atoms with Crippen molar-refractivity contribution in [2.24, 2.45) is 0 Å². The molecule has 5 nitrogen and oxygen atoms in total. The number of fused-ring (bicyclic) bond motifs is 1. The minimum atomic E-state index is 0.244. The second kappa shape index (κ2) is 7.56. The molecule has 0 saturated carbocycles. The van der Waals surface area contributed by atoms with E-state index in [-0.39, 0.29) is 6.10 Å². The van der Waals surface area contributed by atoms with Crippen molar-refractivity contribution in [3.63, 3.8) is 0 Å². The van der Waals surface area contributed by atoms with Gasteiger partial charge in [0.25, 0.3) is 0 Å². The predicted octanol–water partition coefficient (Wildman–Crippen LogP) is 3.66. The van der Waals surface area contributed by atoms with Crippen molar-refractivity contribution in [3.05, 3.63) is 54.4 Å². The smallest absolute Gasteiger partial charge is 0.168 e. The van der Waals surface area contributed by atoms with E-state index in [1.807, 2.05) is 23.8 Å². The summed E-state index contributed by atoms with van der Waals surface area (Å²) in [4.78, 5) is 2.20. The van der Waals surface area contributed by atoms with E-state index in [4.69, 9.17) is 17.0 Å². The number of benzene rings is 1. The van der Waals surface area contributed by atoms with Crippen molar-refractivity contribution in [1.82, 2.24) is 19.8 Å². The van der Waals surface area contributed by atoms with Crippen molar-refractivity contribution < 1.29 is 4.74 Å². The predicted molar refractivity (Wildman–Crippen MR) is 112 cm³/mol. The summed E-state index contributed by atoms with van der Waals surface area (Å²) in [6.45, 7) is 3.97. The van der Waals surface area contributed by atoms with Gasteiger partial charge in [-0.05, 0) is 49.0 Å². The molecule has 4 rings (SSSR count). The molecule has 3 heterocycles. The molecule has 1 aliphatic rings. The quantitative estimate of drug-likeness (QED) is 0.703. The molecule has 3 aromatic rings. The van der Waals surface area contributed by atoms with E-state index in [0.717, 1.165) is 48.0 Å². The van der Waals surface area contributed by atoms with Gasteiger partial charge in [-0.25, -0.2) is 4.52 Å². The Labute approximate surface area is 164 Å². The molecule has 2 aromatic heterocycles. The van der Waals surface area contributed by atoms with Crippen LogP contribution >= 0.6 is 12.2 Å². The molecule has 0 bridgehead atoms. The van der Waals surface area contributed by atoms with E-state index in [0.29, 0.717) is 0 Å². The zero-order valence-corrected chi connectivity index (χ0v) is 16.5. The molecule has 1 aliphatic heterocycles. The summed E-state index contributed by atoms with van der Waals surface area (Å²) in [7, 11) is 1.87. The number of nitrogens with zero attached hydrogens (tertiary/aromatic N) is 3. The van der Waals surface area contributed by atoms with Crippen LogP contribution in [0.25, 0.3) is 16.6 Å². The average molecular weight is 381 g/mol. The first kappa shape index (κ1) is 17.8. The molecule has 1 fully saturated rings. The number of nitrogens with one attached hydrogen (secondary N) is 1. The van der Waals surface area contributed by atoms with E-state index in [1.165, 1.54) is 11.1 Å². The highest BCUT2D eigenvalue weighted by Gasteiger charge is 2.21. The molecule has 0 aliphatic carbocycles. The topological polar surface area (TPSA) is 41.8 Å². The molecule has 1 saturated heterocycles. The highest BCUT2D eigenvalue weighted by Crippen LogP contribution is 2.27. The molecule has 140 valence electrons. The monoisotopic (exact) mass is 380 g/mol. The van der Waals surface area contributed by atoms with Crippen LogP contribution in [0.5, 0.6) is 5.75 Å². The first-order chi connectivity index (χ1) is 13.2. The molecule has 1 N–H and O–H groups in total. The van der Waals surface area contributed by atoms with Gasteiger partial charge in [0.1, 0.15) is 11.9 Å². The number of aromatic nitrogens is 2. The van der Waals surface area contributed by atoms with Crippen molar-refractivity contribution >= 4 is 22.8 Å². The molecular formula is C21H24N4OS. The Bertz CT molecular complexity index is 942. The van der Waals surface area contributed by atoms with Crippen LogP contribution in [0.2, 0.25) is 0 Å². The Morgan fingerprint density at radius 3 is 2.56 bits per heavy atom. The second-order valence-electron chi connectivity index (χ2n) is 6.88. The van der Waals surface area contributed by atoms with Crippen LogP contribution in [0.1, 0.15) is 18.5 Å². The average Bonchev–Trinajstić information content (AvgIpc) is 3.19. The Balaban J connectivity index is 1.43. The fourth-order valence-electron chi connectivity index (χ4n) is 3.67. The number of thiocarbonyl (C=S) groups is 1. The first-order valence-corrected chi connectivity index (χ1v) is 9.73. The van der Waals surface area contributed by atoms with Crippen LogP contribution < -0.4 is 10.1 Å². The maximum atomic E-state index is 6.19. The highest BCUT2D eigenvalue weighted by molar-refractivity contribution is 7.80. The summed E-state index contributed by atoms with van der Waals surface area (Å²) in [5.74, 6) is 0.922. The minimum absolute atomic E-state index is 0.244. The van der Waals surface area contributed by atoms with Gasteiger partial charge in [-0.1, -0.05) is 18.2 Å². The molecular weight excluding hydrogens is 356 g/mol. The lowest BCUT2D eigenvalue weighted by Gasteiger charge is -2.33. The molecule has 0 amide bonds. The van der Waals surface area contributed by atoms with Crippen LogP contribution in [0, 0.1) is 6.92 Å². The largest absolute Gasteiger partial charge is 0.490 e. The highest BCUT2D eigenvalue weighted by atomic mass is 32.1. The van der Waals surface area contributed by atoms with Crippen LogP contribution in [-0.2, 0) is 0 Å². The maximum absolute atomic E-state index is 6.19. The van der Waals surface area contributed by atoms with Gasteiger partial charge in [0, 0.05) is 50.4 Å². The lowest BCUT2D eigenvalue weighted by atomic mass is 10.0. The fourth-order valence-corrected chi connectivity index (χ4v) is 3.85. The van der Waals surface area contributed by atoms with E-state index >= 15 is 0 Å². The number of ether oxygens (including phenoxy) is 1. The second-order valence-corrected chi connectivity index (χ2v) is 7.27. The van der Waals surface area contributed by atoms with Crippen LogP contribution in [0.4, 0.5) is 0 Å². The van der Waals surface area contributed by atoms with Crippen molar-refractivity contribution in [3.8, 4) is 16.9 Å². The molecule has 6 heteroatoms. The number of likely N-dealkylation sites (tertiary alicyclic amines) is 1. The first-order valence-electron chi connectivity index (χ1n) is 9.33. The zero-order chi connectivity index (χ0) is 18.8. The molecule has 1 aromatic carbocycles. The standard InChI is InChI=1S/C21H24N4OS/c1-15-20(8-5-17-9-12-23-25(15)17)16-3-6-18(7-4-16)26-19-10-13-24(14-11-19)21(27)22-2/h3-9,12,19H,10-11,13-14H2,1-2H3,(H,22,27). The third-order valence-corrected chi connectivity index (χ3v) is 5.67. The van der Waals surface area contributed by atoms with E-state index in [9.17, 15) is 0 Å². The van der Waals surface area contributed by atoms with Gasteiger partial charge >= 0.3 is 0 Å². The number of hydrogen-bond donors (Lipinski definition) is 1. The number of rotatable bonds is 3. The zero-order valence-electron chi connectivity index (χ0n) is 15.7. The Kier molecular flexibility index (Phi) is 4.99. The van der Waals surface area contributed by atoms with Crippen LogP contribution in [-0.4, -0.2) is 45.9 Å². The van der Waals surface area contributed by atoms with Gasteiger partial charge < -0.3 is 15.0 Å². The maximum Gasteiger partial charge on any atom is 0.168 e. The van der Waals surface area contributed by atoms with E-state index in [1.54, 1.807) is 0 Å². The Morgan fingerprint density at radius 1 is 1.11 bits per heavy atom. The molecule has 0 spiro atoms. The summed E-state index contributed by atoms with van der Waals surface area (Å²) in [6, 6.07) is 14.6. The summed E-state index contributed by atoms with van der Waals surface area (Å²) in [5, 5.41) is 8.27. The molecule has 0 unspecified atom stereocenters. The fraction of sp³-hybridized carbons (Fsp3) is 0.333. The number of hydrogen-bond acceptors (Lipinski definition) is 3. The van der Waals surface area contributed by atoms with Gasteiger partial charge in [0.05, 0.1) is 5.52 Å².